The molecule has 1 N–H and O–H groups in total. The number of nitrogens with one attached hydrogen (secondary N) is 1. The van der Waals surface area contributed by atoms with Gasteiger partial charge in [-0.1, -0.05) is 0 Å². The standard InChI is InChI=1S/C13H13F3N4O3/c1-7-17-11(19-18-7)9-6-20(3-5-22-9)12(21)8-2-4-23-10(8)13(14,15)16/h2,4,9H,3,5-6H2,1H3,(H,17,18,19). The fourth-order valence-electron chi connectivity index (χ4n) is 2.36. The van der Waals surface area contributed by atoms with Crippen LogP contribution in [0.5, 0.6) is 0 Å². The van der Waals surface area contributed by atoms with Gasteiger partial charge in [0.1, 0.15) is 11.9 Å². The Bertz CT molecular complexity index is 709. The van der Waals surface area contributed by atoms with Crippen LogP contribution in [0.2, 0.25) is 0 Å². The van der Waals surface area contributed by atoms with Crippen LogP contribution in [-0.4, -0.2) is 45.7 Å². The third kappa shape index (κ3) is 3.07. The van der Waals surface area contributed by atoms with Crippen molar-refractivity contribution in [2.24, 2.45) is 0 Å². The number of carbonyl (C=O) groups excluding carboxylic acids is 1. The summed E-state index contributed by atoms with van der Waals surface area (Å²) in [6.45, 7) is 2.15. The Morgan fingerprint density at radius 3 is 2.91 bits per heavy atom. The minimum absolute atomic E-state index is 0.0681. The quantitative estimate of drug-likeness (QED) is 0.910. The van der Waals surface area contributed by atoms with Gasteiger partial charge in [-0.05, 0) is 13.0 Å². The van der Waals surface area contributed by atoms with Gasteiger partial charge in [-0.3, -0.25) is 9.89 Å². The average Bonchev–Trinajstić information content (AvgIpc) is 3.15. The van der Waals surface area contributed by atoms with Gasteiger partial charge in [-0.25, -0.2) is 4.98 Å². The number of amides is 1. The number of nitrogens with zero attached hydrogens (tertiary/aromatic N) is 3. The van der Waals surface area contributed by atoms with E-state index in [-0.39, 0.29) is 19.7 Å². The second-order valence-electron chi connectivity index (χ2n) is 5.05. The molecule has 1 atom stereocenters. The number of morpholine rings is 1. The molecule has 1 aliphatic heterocycles. The molecule has 3 heterocycles. The number of H-pyrrole nitrogens is 1. The van der Waals surface area contributed by atoms with Gasteiger partial charge >= 0.3 is 6.18 Å². The van der Waals surface area contributed by atoms with Crippen LogP contribution in [0.15, 0.2) is 16.7 Å². The van der Waals surface area contributed by atoms with E-state index in [1.165, 1.54) is 4.90 Å². The third-order valence-corrected chi connectivity index (χ3v) is 3.41. The van der Waals surface area contributed by atoms with E-state index in [2.05, 4.69) is 19.6 Å². The van der Waals surface area contributed by atoms with Crippen LogP contribution in [0.4, 0.5) is 13.2 Å². The highest BCUT2D eigenvalue weighted by molar-refractivity contribution is 5.95. The van der Waals surface area contributed by atoms with E-state index in [9.17, 15) is 18.0 Å². The highest BCUT2D eigenvalue weighted by Crippen LogP contribution is 2.33. The maximum atomic E-state index is 12.8. The molecule has 2 aromatic heterocycles. The van der Waals surface area contributed by atoms with Crippen molar-refractivity contribution in [3.8, 4) is 0 Å². The molecule has 0 saturated carbocycles. The molecule has 23 heavy (non-hydrogen) atoms. The zero-order chi connectivity index (χ0) is 16.6. The SMILES string of the molecule is Cc1nc(C2CN(C(=O)c3ccoc3C(F)(F)F)CCO2)n[nH]1. The summed E-state index contributed by atoms with van der Waals surface area (Å²) in [6.07, 6.45) is -4.45. The predicted molar refractivity (Wildman–Crippen MR) is 69.4 cm³/mol. The van der Waals surface area contributed by atoms with Crippen LogP contribution in [0.25, 0.3) is 0 Å². The molecule has 0 aromatic carbocycles. The summed E-state index contributed by atoms with van der Waals surface area (Å²) < 4.78 is 48.4. The molecular formula is C13H13F3N4O3. The smallest absolute Gasteiger partial charge is 0.450 e. The maximum Gasteiger partial charge on any atom is 0.450 e. The van der Waals surface area contributed by atoms with Gasteiger partial charge in [-0.2, -0.15) is 18.3 Å². The molecule has 10 heteroatoms. The number of aryl methyl sites for hydroxylation is 1. The number of hydrogen-bond donors (Lipinski definition) is 1. The first-order chi connectivity index (χ1) is 10.9. The highest BCUT2D eigenvalue weighted by atomic mass is 19.4. The zero-order valence-electron chi connectivity index (χ0n) is 12.1. The topological polar surface area (TPSA) is 84.2 Å². The lowest BCUT2D eigenvalue weighted by atomic mass is 10.1. The van der Waals surface area contributed by atoms with Gasteiger partial charge in [-0.15, -0.1) is 0 Å². The van der Waals surface area contributed by atoms with E-state index < -0.39 is 29.5 Å². The molecule has 0 spiro atoms. The van der Waals surface area contributed by atoms with Gasteiger partial charge in [0, 0.05) is 6.54 Å². The average molecular weight is 330 g/mol. The van der Waals surface area contributed by atoms with Crippen molar-refractivity contribution in [3.63, 3.8) is 0 Å². The van der Waals surface area contributed by atoms with E-state index >= 15 is 0 Å². The molecule has 1 amide bonds. The maximum absolute atomic E-state index is 12.8. The first-order valence-corrected chi connectivity index (χ1v) is 6.80. The molecule has 124 valence electrons. The van der Waals surface area contributed by atoms with Gasteiger partial charge in [0.15, 0.2) is 5.82 Å². The van der Waals surface area contributed by atoms with Crippen LogP contribution in [0, 0.1) is 6.92 Å². The minimum atomic E-state index is -4.72. The fourth-order valence-corrected chi connectivity index (χ4v) is 2.36. The molecule has 0 radical (unpaired) electrons. The summed E-state index contributed by atoms with van der Waals surface area (Å²) in [5, 5.41) is 6.61. The number of ether oxygens (including phenoxy) is 1. The Hall–Kier alpha value is -2.36. The summed E-state index contributed by atoms with van der Waals surface area (Å²) in [5.74, 6) is -1.10. The Morgan fingerprint density at radius 2 is 2.26 bits per heavy atom. The van der Waals surface area contributed by atoms with Crippen molar-refractivity contribution < 1.29 is 27.1 Å². The van der Waals surface area contributed by atoms with Crippen LogP contribution in [-0.2, 0) is 10.9 Å². The van der Waals surface area contributed by atoms with E-state index in [0.29, 0.717) is 11.6 Å². The van der Waals surface area contributed by atoms with Crippen molar-refractivity contribution in [2.45, 2.75) is 19.2 Å². The largest absolute Gasteiger partial charge is 0.459 e. The summed E-state index contributed by atoms with van der Waals surface area (Å²) in [7, 11) is 0. The summed E-state index contributed by atoms with van der Waals surface area (Å²) in [6, 6.07) is 1.02. The van der Waals surface area contributed by atoms with Crippen molar-refractivity contribution in [1.29, 1.82) is 0 Å². The Balaban J connectivity index is 1.79. The highest BCUT2D eigenvalue weighted by Gasteiger charge is 2.41. The number of halogens is 3. The second kappa shape index (κ2) is 5.69. The molecule has 2 aromatic rings. The van der Waals surface area contributed by atoms with Crippen LogP contribution < -0.4 is 0 Å². The monoisotopic (exact) mass is 330 g/mol. The number of carbonyl (C=O) groups is 1. The van der Waals surface area contributed by atoms with Crippen molar-refractivity contribution in [2.75, 3.05) is 19.7 Å². The lowest BCUT2D eigenvalue weighted by molar-refractivity contribution is -0.153. The molecule has 3 rings (SSSR count). The molecular weight excluding hydrogens is 317 g/mol. The van der Waals surface area contributed by atoms with Crippen molar-refractivity contribution in [1.82, 2.24) is 20.1 Å². The summed E-state index contributed by atoms with van der Waals surface area (Å²) >= 11 is 0. The molecule has 0 bridgehead atoms. The number of alkyl halides is 3. The molecule has 1 unspecified atom stereocenters. The number of hydrogen-bond acceptors (Lipinski definition) is 5. The Kier molecular flexibility index (Phi) is 3.84. The van der Waals surface area contributed by atoms with Gasteiger partial charge in [0.25, 0.3) is 5.91 Å². The van der Waals surface area contributed by atoms with Crippen LogP contribution in [0.3, 0.4) is 0 Å². The predicted octanol–water partition coefficient (Wildman–Crippen LogP) is 1.94. The van der Waals surface area contributed by atoms with Gasteiger partial charge in [0.2, 0.25) is 5.76 Å². The normalized spacial score (nSPS) is 19.1. The lowest BCUT2D eigenvalue weighted by Gasteiger charge is -2.31. The number of rotatable bonds is 2. The zero-order valence-corrected chi connectivity index (χ0v) is 12.1. The van der Waals surface area contributed by atoms with Gasteiger partial charge in [0.05, 0.1) is 25.0 Å². The van der Waals surface area contributed by atoms with Crippen molar-refractivity contribution in [3.05, 3.63) is 35.3 Å². The number of aromatic nitrogens is 3. The van der Waals surface area contributed by atoms with E-state index in [0.717, 1.165) is 12.3 Å². The second-order valence-corrected chi connectivity index (χ2v) is 5.05. The Morgan fingerprint density at radius 1 is 1.48 bits per heavy atom. The van der Waals surface area contributed by atoms with E-state index in [1.54, 1.807) is 6.92 Å². The third-order valence-electron chi connectivity index (χ3n) is 3.41. The van der Waals surface area contributed by atoms with E-state index in [1.807, 2.05) is 0 Å². The molecule has 1 aliphatic rings. The lowest BCUT2D eigenvalue weighted by Crippen LogP contribution is -2.43. The Labute approximate surface area is 128 Å². The molecule has 7 nitrogen and oxygen atoms in total. The van der Waals surface area contributed by atoms with Crippen LogP contribution in [0.1, 0.15) is 33.9 Å². The summed E-state index contributed by atoms with van der Waals surface area (Å²) in [4.78, 5) is 17.8. The molecule has 1 fully saturated rings. The van der Waals surface area contributed by atoms with E-state index in [4.69, 9.17) is 4.74 Å². The van der Waals surface area contributed by atoms with Crippen molar-refractivity contribution >= 4 is 5.91 Å². The summed E-state index contributed by atoms with van der Waals surface area (Å²) in [5.41, 5.74) is -0.510. The minimum Gasteiger partial charge on any atom is -0.459 e. The first kappa shape index (κ1) is 15.5. The fraction of sp³-hybridized carbons (Fsp3) is 0.462. The number of furan rings is 1. The van der Waals surface area contributed by atoms with Crippen LogP contribution >= 0.6 is 0 Å². The molecule has 0 aliphatic carbocycles. The first-order valence-electron chi connectivity index (χ1n) is 6.80. The van der Waals surface area contributed by atoms with Gasteiger partial charge < -0.3 is 14.1 Å². The number of aromatic amines is 1. The molecule has 1 saturated heterocycles.